The van der Waals surface area contributed by atoms with Gasteiger partial charge in [0.2, 0.25) is 0 Å². The molecular formula is C32H56N2O2Si2Sr. The van der Waals surface area contributed by atoms with Gasteiger partial charge in [-0.1, -0.05) is 51.4 Å². The molecule has 0 bridgehead atoms. The van der Waals surface area contributed by atoms with Gasteiger partial charge >= 0.3 is 45.5 Å². The van der Waals surface area contributed by atoms with E-state index in [0.29, 0.717) is 0 Å². The third kappa shape index (κ3) is 19.6. The molecule has 2 fully saturated rings. The number of hydrogen-bond acceptors (Lipinski definition) is 4. The summed E-state index contributed by atoms with van der Waals surface area (Å²) in [5.74, 6) is 0. The van der Waals surface area contributed by atoms with Gasteiger partial charge in [0, 0.05) is 42.6 Å². The molecule has 0 aromatic heterocycles. The number of nitrogens with zero attached hydrogens (tertiary/aromatic N) is 2. The van der Waals surface area contributed by atoms with Gasteiger partial charge in [0.05, 0.1) is 0 Å². The molecule has 0 aromatic rings. The van der Waals surface area contributed by atoms with Crippen LogP contribution in [0.15, 0.2) is 71.2 Å². The Hall–Kier alpha value is -0.0657. The molecule has 0 N–H and O–H groups in total. The average Bonchev–Trinajstić information content (AvgIpc) is 3.57. The maximum Gasteiger partial charge on any atom is 2.00 e. The Morgan fingerprint density at radius 2 is 0.897 bits per heavy atom. The molecular weight excluding hydrogens is 588 g/mol. The summed E-state index contributed by atoms with van der Waals surface area (Å²) in [5.41, 5.74) is 7.64. The number of hydrogen-bond donors (Lipinski definition) is 0. The third-order valence-corrected chi connectivity index (χ3v) is 8.02. The fraction of sp³-hybridized carbons (Fsp3) is 0.562. The van der Waals surface area contributed by atoms with Crippen LogP contribution in [-0.4, -0.2) is 126 Å². The summed E-state index contributed by atoms with van der Waals surface area (Å²) in [6, 6.07) is 2.63. The van der Waals surface area contributed by atoms with Crippen LogP contribution in [0.25, 0.3) is 0 Å². The van der Waals surface area contributed by atoms with E-state index in [1.165, 1.54) is 48.9 Å². The average molecular weight is 645 g/mol. The van der Waals surface area contributed by atoms with Gasteiger partial charge in [-0.25, -0.2) is 0 Å². The fourth-order valence-corrected chi connectivity index (χ4v) is 6.34. The number of ether oxygens (including phenoxy) is 2. The quantitative estimate of drug-likeness (QED) is 0.238. The van der Waals surface area contributed by atoms with Crippen molar-refractivity contribution in [3.8, 4) is 0 Å². The first kappa shape index (κ1) is 38.9. The Bertz CT molecular complexity index is 754. The molecule has 4 rings (SSSR count). The second-order valence-electron chi connectivity index (χ2n) is 12.6. The molecule has 2 heterocycles. The number of rotatable bonds is 4. The van der Waals surface area contributed by atoms with Gasteiger partial charge in [-0.15, -0.1) is 59.8 Å². The monoisotopic (exact) mass is 644 g/mol. The van der Waals surface area contributed by atoms with E-state index in [0.717, 1.165) is 26.4 Å². The van der Waals surface area contributed by atoms with E-state index >= 15 is 0 Å². The summed E-state index contributed by atoms with van der Waals surface area (Å²) in [4.78, 5) is 4.35. The molecule has 0 amide bonds. The minimum absolute atomic E-state index is 0. The van der Waals surface area contributed by atoms with Gasteiger partial charge < -0.3 is 19.3 Å². The van der Waals surface area contributed by atoms with E-state index in [1.54, 1.807) is 0 Å². The summed E-state index contributed by atoms with van der Waals surface area (Å²) < 4.78 is 9.89. The molecule has 0 aromatic carbocycles. The maximum absolute atomic E-state index is 4.94. The molecule has 7 heteroatoms. The molecule has 4 aliphatic rings. The van der Waals surface area contributed by atoms with Gasteiger partial charge in [-0.05, 0) is 53.9 Å². The molecule has 39 heavy (non-hydrogen) atoms. The Morgan fingerprint density at radius 1 is 0.590 bits per heavy atom. The predicted octanol–water partition coefficient (Wildman–Crippen LogP) is 7.23. The molecule has 0 spiro atoms. The van der Waals surface area contributed by atoms with E-state index in [1.807, 2.05) is 0 Å². The van der Waals surface area contributed by atoms with Crippen LogP contribution in [0.5, 0.6) is 0 Å². The molecule has 0 saturated carbocycles. The van der Waals surface area contributed by atoms with Gasteiger partial charge in [0.25, 0.3) is 0 Å². The van der Waals surface area contributed by atoms with E-state index in [-0.39, 0.29) is 45.5 Å². The third-order valence-electron chi connectivity index (χ3n) is 5.67. The standard InChI is InChI=1S/2C12H20NSi.2C4H8O.Sr/c2*1-13(2)12-9-7-6-8-11(12)10-14(3,4)5;2*1-2-4-5-3-1;/h2*6-10H,1-5H3;2*1-4H2;/q2*-1;;;+2/b2*11-10+;;;. The largest absolute Gasteiger partial charge is 2.00 e. The van der Waals surface area contributed by atoms with Gasteiger partial charge in [0.15, 0.2) is 0 Å². The molecule has 0 radical (unpaired) electrons. The minimum Gasteiger partial charge on any atom is -0.381 e. The van der Waals surface area contributed by atoms with Crippen molar-refractivity contribution in [2.24, 2.45) is 0 Å². The first-order valence-corrected chi connectivity index (χ1v) is 21.4. The van der Waals surface area contributed by atoms with Crippen molar-refractivity contribution in [1.29, 1.82) is 0 Å². The Morgan fingerprint density at radius 3 is 1.10 bits per heavy atom. The van der Waals surface area contributed by atoms with Gasteiger partial charge in [-0.3, -0.25) is 0 Å². The van der Waals surface area contributed by atoms with Crippen molar-refractivity contribution < 1.29 is 9.47 Å². The SMILES string of the molecule is C1CCOC1.C1CCOC1.CN(C)[C-]1C=CC=C/C1=C\[Si](C)(C)C.CN(C)[C-]1C=CC=C/C1=C\[Si](C)(C)C.[Sr+2]. The first-order valence-electron chi connectivity index (χ1n) is 14.2. The summed E-state index contributed by atoms with van der Waals surface area (Å²) in [6.45, 7) is 18.2. The van der Waals surface area contributed by atoms with Gasteiger partial charge in [-0.2, -0.15) is 11.4 Å². The van der Waals surface area contributed by atoms with Gasteiger partial charge in [0.1, 0.15) is 0 Å². The van der Waals surface area contributed by atoms with Crippen molar-refractivity contribution in [1.82, 2.24) is 9.80 Å². The van der Waals surface area contributed by atoms with Crippen LogP contribution in [0.3, 0.4) is 0 Å². The van der Waals surface area contributed by atoms with Crippen molar-refractivity contribution in [2.45, 2.75) is 65.0 Å². The van der Waals surface area contributed by atoms with Crippen molar-refractivity contribution >= 4 is 61.6 Å². The smallest absolute Gasteiger partial charge is 0.381 e. The molecule has 2 saturated heterocycles. The Labute approximate surface area is 281 Å². The zero-order valence-electron chi connectivity index (χ0n) is 26.8. The Kier molecular flexibility index (Phi) is 20.7. The van der Waals surface area contributed by atoms with Crippen LogP contribution in [0, 0.1) is 12.1 Å². The second kappa shape index (κ2) is 20.8. The van der Waals surface area contributed by atoms with Crippen LogP contribution >= 0.6 is 0 Å². The zero-order valence-corrected chi connectivity index (χ0v) is 32.3. The number of allylic oxidation sites excluding steroid dienone is 4. The van der Waals surface area contributed by atoms with Crippen molar-refractivity contribution in [3.63, 3.8) is 0 Å². The van der Waals surface area contributed by atoms with E-state index in [4.69, 9.17) is 9.47 Å². The predicted molar refractivity (Wildman–Crippen MR) is 179 cm³/mol. The van der Waals surface area contributed by atoms with E-state index in [9.17, 15) is 0 Å². The summed E-state index contributed by atoms with van der Waals surface area (Å²) in [6.07, 6.45) is 22.3. The number of likely N-dealkylation sites (N-methyl/N-ethyl adjacent to an activating group) is 2. The van der Waals surface area contributed by atoms with Crippen LogP contribution in [0.1, 0.15) is 25.7 Å². The summed E-state index contributed by atoms with van der Waals surface area (Å²) in [5, 5.41) is 0. The summed E-state index contributed by atoms with van der Waals surface area (Å²) >= 11 is 0. The molecule has 0 atom stereocenters. The first-order chi connectivity index (χ1) is 17.8. The van der Waals surface area contributed by atoms with Crippen LogP contribution in [-0.2, 0) is 9.47 Å². The van der Waals surface area contributed by atoms with E-state index < -0.39 is 16.1 Å². The Balaban J connectivity index is 0.000000537. The van der Waals surface area contributed by atoms with Crippen LogP contribution in [0.2, 0.25) is 39.3 Å². The molecule has 0 unspecified atom stereocenters. The normalized spacial score (nSPS) is 20.4. The molecule has 216 valence electrons. The van der Waals surface area contributed by atoms with Crippen molar-refractivity contribution in [2.75, 3.05) is 54.6 Å². The second-order valence-corrected chi connectivity index (χ2v) is 22.6. The molecule has 4 nitrogen and oxygen atoms in total. The van der Waals surface area contributed by atoms with Crippen molar-refractivity contribution in [3.05, 3.63) is 83.2 Å². The topological polar surface area (TPSA) is 24.9 Å². The fourth-order valence-electron chi connectivity index (χ4n) is 3.99. The molecule has 2 aliphatic heterocycles. The van der Waals surface area contributed by atoms with E-state index in [2.05, 4.69) is 137 Å². The van der Waals surface area contributed by atoms with Crippen LogP contribution in [0.4, 0.5) is 0 Å². The summed E-state index contributed by atoms with van der Waals surface area (Å²) in [7, 11) is 6.12. The molecule has 2 aliphatic carbocycles. The maximum atomic E-state index is 4.94. The zero-order chi connectivity index (χ0) is 28.6. The van der Waals surface area contributed by atoms with Crippen LogP contribution < -0.4 is 0 Å². The minimum atomic E-state index is -1.13.